The summed E-state index contributed by atoms with van der Waals surface area (Å²) in [6, 6.07) is 1.88. The first-order valence-corrected chi connectivity index (χ1v) is 4.48. The Morgan fingerprint density at radius 2 is 2.38 bits per heavy atom. The first-order valence-electron chi connectivity index (χ1n) is 4.48. The molecule has 1 aromatic heterocycles. The van der Waals surface area contributed by atoms with Gasteiger partial charge in [-0.25, -0.2) is 0 Å². The molecule has 13 heavy (non-hydrogen) atoms. The molecule has 1 fully saturated rings. The van der Waals surface area contributed by atoms with Gasteiger partial charge in [0.2, 0.25) is 0 Å². The molecule has 2 N–H and O–H groups in total. The van der Waals surface area contributed by atoms with E-state index in [-0.39, 0.29) is 0 Å². The fourth-order valence-corrected chi connectivity index (χ4v) is 1.41. The third-order valence-electron chi connectivity index (χ3n) is 2.10. The van der Waals surface area contributed by atoms with Gasteiger partial charge in [0.15, 0.2) is 0 Å². The average Bonchev–Trinajstić information content (AvgIpc) is 2.20. The number of hydroxylamine groups is 1. The number of rotatable bonds is 1. The summed E-state index contributed by atoms with van der Waals surface area (Å²) in [5.74, 6) is 0. The molecule has 0 aliphatic carbocycles. The van der Waals surface area contributed by atoms with Gasteiger partial charge in [-0.3, -0.25) is 14.9 Å². The van der Waals surface area contributed by atoms with Crippen molar-refractivity contribution in [1.29, 1.82) is 0 Å². The molecular weight excluding hydrogens is 166 g/mol. The van der Waals surface area contributed by atoms with Crippen molar-refractivity contribution < 1.29 is 4.84 Å². The minimum Gasteiger partial charge on any atom is -0.396 e. The summed E-state index contributed by atoms with van der Waals surface area (Å²) >= 11 is 0. The fourth-order valence-electron chi connectivity index (χ4n) is 1.41. The number of hydrogen-bond acceptors (Lipinski definition) is 4. The molecule has 0 unspecified atom stereocenters. The van der Waals surface area contributed by atoms with Crippen molar-refractivity contribution in [2.24, 2.45) is 0 Å². The van der Waals surface area contributed by atoms with Gasteiger partial charge in [0.05, 0.1) is 24.2 Å². The number of nitrogen functional groups attached to an aromatic ring is 1. The van der Waals surface area contributed by atoms with Crippen molar-refractivity contribution in [2.45, 2.75) is 12.8 Å². The smallest absolute Gasteiger partial charge is 0.0897 e. The number of nitrogens with zero attached hydrogens (tertiary/aromatic N) is 2. The Balaban J connectivity index is 2.18. The van der Waals surface area contributed by atoms with Gasteiger partial charge in [-0.1, -0.05) is 0 Å². The number of nitrogens with two attached hydrogens (primary N) is 1. The van der Waals surface area contributed by atoms with E-state index in [0.29, 0.717) is 5.69 Å². The highest BCUT2D eigenvalue weighted by atomic mass is 16.7. The molecule has 0 aromatic carbocycles. The first-order chi connectivity index (χ1) is 6.38. The van der Waals surface area contributed by atoms with Crippen LogP contribution in [0.15, 0.2) is 18.5 Å². The lowest BCUT2D eigenvalue weighted by molar-refractivity contribution is 0.0781. The lowest BCUT2D eigenvalue weighted by atomic mass is 10.2. The van der Waals surface area contributed by atoms with E-state index in [1.54, 1.807) is 12.4 Å². The van der Waals surface area contributed by atoms with E-state index < -0.39 is 0 Å². The third-order valence-corrected chi connectivity index (χ3v) is 2.10. The lowest BCUT2D eigenvalue weighted by Gasteiger charge is -2.28. The molecule has 0 saturated carbocycles. The molecule has 1 aromatic rings. The maximum atomic E-state index is 5.77. The van der Waals surface area contributed by atoms with Gasteiger partial charge in [-0.15, -0.1) is 0 Å². The highest BCUT2D eigenvalue weighted by Gasteiger charge is 2.13. The quantitative estimate of drug-likeness (QED) is 0.703. The molecule has 0 bridgehead atoms. The number of anilines is 2. The van der Waals surface area contributed by atoms with Crippen molar-refractivity contribution in [3.8, 4) is 0 Å². The SMILES string of the molecule is Nc1cnccc1N1CCCCO1. The topological polar surface area (TPSA) is 51.4 Å². The van der Waals surface area contributed by atoms with Crippen LogP contribution in [-0.4, -0.2) is 18.1 Å². The van der Waals surface area contributed by atoms with E-state index in [9.17, 15) is 0 Å². The number of pyridine rings is 1. The molecule has 1 saturated heterocycles. The molecule has 2 heterocycles. The number of hydrogen-bond donors (Lipinski definition) is 1. The van der Waals surface area contributed by atoms with Crippen molar-refractivity contribution in [3.63, 3.8) is 0 Å². The fraction of sp³-hybridized carbons (Fsp3) is 0.444. The molecule has 1 aliphatic rings. The van der Waals surface area contributed by atoms with Crippen LogP contribution in [0.5, 0.6) is 0 Å². The van der Waals surface area contributed by atoms with Crippen LogP contribution in [0.1, 0.15) is 12.8 Å². The zero-order valence-electron chi connectivity index (χ0n) is 7.44. The summed E-state index contributed by atoms with van der Waals surface area (Å²) in [5.41, 5.74) is 7.36. The van der Waals surface area contributed by atoms with E-state index in [2.05, 4.69) is 4.98 Å². The summed E-state index contributed by atoms with van der Waals surface area (Å²) in [5, 5.41) is 1.85. The minimum absolute atomic E-state index is 0.671. The van der Waals surface area contributed by atoms with Gasteiger partial charge >= 0.3 is 0 Å². The third kappa shape index (κ3) is 1.72. The predicted octanol–water partition coefficient (Wildman–Crippen LogP) is 1.20. The Morgan fingerprint density at radius 1 is 1.46 bits per heavy atom. The van der Waals surface area contributed by atoms with Crippen LogP contribution in [0.2, 0.25) is 0 Å². The Bertz CT molecular complexity index is 284. The van der Waals surface area contributed by atoms with Crippen molar-refractivity contribution in [3.05, 3.63) is 18.5 Å². The van der Waals surface area contributed by atoms with Crippen LogP contribution in [0.25, 0.3) is 0 Å². The van der Waals surface area contributed by atoms with Crippen LogP contribution >= 0.6 is 0 Å². The molecule has 4 heteroatoms. The standard InChI is InChI=1S/C9H13N3O/c10-8-7-11-4-3-9(8)12-5-1-2-6-13-12/h3-4,7H,1-2,5-6,10H2. The maximum absolute atomic E-state index is 5.77. The number of aromatic nitrogens is 1. The summed E-state index contributed by atoms with van der Waals surface area (Å²) in [6.45, 7) is 1.69. The Morgan fingerprint density at radius 3 is 3.08 bits per heavy atom. The molecule has 2 rings (SSSR count). The van der Waals surface area contributed by atoms with Crippen LogP contribution in [0, 0.1) is 0 Å². The van der Waals surface area contributed by atoms with Crippen LogP contribution in [-0.2, 0) is 4.84 Å². The highest BCUT2D eigenvalue weighted by molar-refractivity contribution is 5.64. The second-order valence-electron chi connectivity index (χ2n) is 3.08. The lowest BCUT2D eigenvalue weighted by Crippen LogP contribution is -2.30. The Labute approximate surface area is 77.3 Å². The van der Waals surface area contributed by atoms with Crippen molar-refractivity contribution in [2.75, 3.05) is 23.9 Å². The van der Waals surface area contributed by atoms with Crippen LogP contribution in [0.3, 0.4) is 0 Å². The van der Waals surface area contributed by atoms with E-state index in [0.717, 1.165) is 31.7 Å². The minimum atomic E-state index is 0.671. The molecular formula is C9H13N3O. The van der Waals surface area contributed by atoms with E-state index in [1.807, 2.05) is 11.1 Å². The average molecular weight is 179 g/mol. The summed E-state index contributed by atoms with van der Waals surface area (Å²) in [6.07, 6.45) is 5.65. The van der Waals surface area contributed by atoms with E-state index in [4.69, 9.17) is 10.6 Å². The zero-order valence-corrected chi connectivity index (χ0v) is 7.44. The van der Waals surface area contributed by atoms with Gasteiger partial charge in [0.25, 0.3) is 0 Å². The molecule has 0 spiro atoms. The van der Waals surface area contributed by atoms with Gasteiger partial charge in [0, 0.05) is 12.7 Å². The van der Waals surface area contributed by atoms with Gasteiger partial charge in [-0.2, -0.15) is 0 Å². The van der Waals surface area contributed by atoms with Crippen molar-refractivity contribution >= 4 is 11.4 Å². The molecule has 0 radical (unpaired) electrons. The van der Waals surface area contributed by atoms with Crippen LogP contribution < -0.4 is 10.8 Å². The highest BCUT2D eigenvalue weighted by Crippen LogP contribution is 2.23. The van der Waals surface area contributed by atoms with Crippen molar-refractivity contribution in [1.82, 2.24) is 4.98 Å². The van der Waals surface area contributed by atoms with Crippen LogP contribution in [0.4, 0.5) is 11.4 Å². The normalized spacial score (nSPS) is 17.4. The molecule has 1 aliphatic heterocycles. The predicted molar refractivity (Wildman–Crippen MR) is 51.2 cm³/mol. The molecule has 4 nitrogen and oxygen atoms in total. The molecule has 70 valence electrons. The monoisotopic (exact) mass is 179 g/mol. The second kappa shape index (κ2) is 3.62. The van der Waals surface area contributed by atoms with Gasteiger partial charge in [0.1, 0.15) is 0 Å². The first kappa shape index (κ1) is 8.31. The van der Waals surface area contributed by atoms with Gasteiger partial charge < -0.3 is 5.73 Å². The summed E-state index contributed by atoms with van der Waals surface area (Å²) in [7, 11) is 0. The zero-order chi connectivity index (χ0) is 9.10. The second-order valence-corrected chi connectivity index (χ2v) is 3.08. The van der Waals surface area contributed by atoms with Gasteiger partial charge in [-0.05, 0) is 18.9 Å². The molecule has 0 atom stereocenters. The van der Waals surface area contributed by atoms with E-state index >= 15 is 0 Å². The maximum Gasteiger partial charge on any atom is 0.0897 e. The largest absolute Gasteiger partial charge is 0.396 e. The Hall–Kier alpha value is -1.29. The van der Waals surface area contributed by atoms with E-state index in [1.165, 1.54) is 0 Å². The summed E-state index contributed by atoms with van der Waals surface area (Å²) < 4.78 is 0. The molecule has 0 amide bonds. The Kier molecular flexibility index (Phi) is 2.31. The summed E-state index contributed by atoms with van der Waals surface area (Å²) in [4.78, 5) is 9.40.